The van der Waals surface area contributed by atoms with Gasteiger partial charge in [-0.25, -0.2) is 0 Å². The number of anilines is 1. The Bertz CT molecular complexity index is 1300. The van der Waals surface area contributed by atoms with Crippen molar-refractivity contribution in [1.29, 1.82) is 0 Å². The molecule has 5 rings (SSSR count). The van der Waals surface area contributed by atoms with Gasteiger partial charge in [0.1, 0.15) is 6.61 Å². The van der Waals surface area contributed by atoms with E-state index in [1.165, 1.54) is 11.8 Å². The van der Waals surface area contributed by atoms with Crippen LogP contribution in [0, 0.1) is 0 Å². The molecule has 1 aliphatic rings. The quantitative estimate of drug-likeness (QED) is 0.355. The van der Waals surface area contributed by atoms with Crippen LogP contribution in [-0.4, -0.2) is 32.5 Å². The fourth-order valence-electron chi connectivity index (χ4n) is 3.52. The van der Waals surface area contributed by atoms with Gasteiger partial charge in [-0.2, -0.15) is 0 Å². The summed E-state index contributed by atoms with van der Waals surface area (Å²) in [6.07, 6.45) is -0.449. The molecule has 3 aromatic carbocycles. The van der Waals surface area contributed by atoms with Crippen LogP contribution in [0.4, 0.5) is 5.69 Å². The number of nitrogens with zero attached hydrogens (tertiary/aromatic N) is 3. The van der Waals surface area contributed by atoms with Crippen molar-refractivity contribution in [3.05, 3.63) is 89.7 Å². The highest BCUT2D eigenvalue weighted by Crippen LogP contribution is 2.37. The van der Waals surface area contributed by atoms with Gasteiger partial charge in [-0.3, -0.25) is 9.36 Å². The molecule has 0 spiro atoms. The molecule has 1 amide bonds. The number of hydrogen-bond donors (Lipinski definition) is 1. The summed E-state index contributed by atoms with van der Waals surface area (Å²) >= 11 is 7.25. The Morgan fingerprint density at radius 2 is 1.74 bits per heavy atom. The third kappa shape index (κ3) is 4.73. The molecule has 0 bridgehead atoms. The molecule has 0 saturated carbocycles. The number of para-hydroxylation sites is 3. The molecule has 1 aromatic heterocycles. The summed E-state index contributed by atoms with van der Waals surface area (Å²) in [6.45, 7) is 2.13. The van der Waals surface area contributed by atoms with Crippen molar-refractivity contribution < 1.29 is 14.3 Å². The van der Waals surface area contributed by atoms with Crippen molar-refractivity contribution in [1.82, 2.24) is 14.8 Å². The fraction of sp³-hybridized carbons (Fsp3) is 0.160. The van der Waals surface area contributed by atoms with Crippen molar-refractivity contribution in [2.24, 2.45) is 0 Å². The highest BCUT2D eigenvalue weighted by molar-refractivity contribution is 8.00. The summed E-state index contributed by atoms with van der Waals surface area (Å²) in [5.41, 5.74) is 1.55. The molecular weight excluding hydrogens is 472 g/mol. The molecule has 2 heterocycles. The predicted molar refractivity (Wildman–Crippen MR) is 132 cm³/mol. The van der Waals surface area contributed by atoms with Gasteiger partial charge < -0.3 is 14.8 Å². The number of carbonyl (C=O) groups is 1. The Morgan fingerprint density at radius 1 is 1.03 bits per heavy atom. The summed E-state index contributed by atoms with van der Waals surface area (Å²) < 4.78 is 14.0. The van der Waals surface area contributed by atoms with Crippen LogP contribution in [0.1, 0.15) is 18.9 Å². The van der Waals surface area contributed by atoms with E-state index in [9.17, 15) is 4.79 Å². The molecule has 1 aliphatic heterocycles. The number of halogens is 1. The minimum absolute atomic E-state index is 0.150. The highest BCUT2D eigenvalue weighted by Gasteiger charge is 2.30. The van der Waals surface area contributed by atoms with Gasteiger partial charge in [0.15, 0.2) is 28.6 Å². The molecule has 0 radical (unpaired) electrons. The first-order chi connectivity index (χ1) is 16.6. The molecule has 34 heavy (non-hydrogen) atoms. The Balaban J connectivity index is 1.41. The number of nitrogens with one attached hydrogen (secondary N) is 1. The molecule has 0 unspecified atom stereocenters. The van der Waals surface area contributed by atoms with Gasteiger partial charge in [-0.05, 0) is 55.5 Å². The number of hydrogen-bond acceptors (Lipinski definition) is 6. The smallest absolute Gasteiger partial charge is 0.237 e. The third-order valence-corrected chi connectivity index (χ3v) is 6.53. The van der Waals surface area contributed by atoms with Crippen molar-refractivity contribution in [2.75, 3.05) is 11.9 Å². The summed E-state index contributed by atoms with van der Waals surface area (Å²) in [5, 5.41) is 12.5. The van der Waals surface area contributed by atoms with Gasteiger partial charge in [0, 0.05) is 16.4 Å². The second-order valence-electron chi connectivity index (χ2n) is 7.63. The molecule has 7 nitrogen and oxygen atoms in total. The molecular formula is C25H21ClN4O3S. The first-order valence-electron chi connectivity index (χ1n) is 10.7. The standard InChI is InChI=1S/C25H21ClN4O3S/c1-16(24(31)27-18-13-11-17(26)12-14-18)34-25-29-28-23(30(25)19-7-3-2-4-8-19)22-15-32-20-9-5-6-10-21(20)33-22/h2-14,16,22H,15H2,1H3,(H,27,31)/t16-,22-/m1/s1. The number of benzene rings is 3. The number of carbonyl (C=O) groups excluding carboxylic acids is 1. The van der Waals surface area contributed by atoms with E-state index in [2.05, 4.69) is 15.5 Å². The van der Waals surface area contributed by atoms with Gasteiger partial charge in [-0.15, -0.1) is 10.2 Å². The van der Waals surface area contributed by atoms with E-state index in [0.29, 0.717) is 39.8 Å². The van der Waals surface area contributed by atoms with E-state index in [0.717, 1.165) is 5.69 Å². The average molecular weight is 493 g/mol. The van der Waals surface area contributed by atoms with Crippen LogP contribution < -0.4 is 14.8 Å². The average Bonchev–Trinajstić information content (AvgIpc) is 3.29. The fourth-order valence-corrected chi connectivity index (χ4v) is 4.52. The summed E-state index contributed by atoms with van der Waals surface area (Å²) in [7, 11) is 0. The van der Waals surface area contributed by atoms with Crippen LogP contribution in [0.25, 0.3) is 5.69 Å². The topological polar surface area (TPSA) is 78.3 Å². The number of fused-ring (bicyclic) bond motifs is 1. The Kier molecular flexibility index (Phi) is 6.42. The van der Waals surface area contributed by atoms with Crippen LogP contribution in [0.15, 0.2) is 84.0 Å². The monoisotopic (exact) mass is 492 g/mol. The molecule has 0 fully saturated rings. The van der Waals surface area contributed by atoms with Gasteiger partial charge >= 0.3 is 0 Å². The van der Waals surface area contributed by atoms with Crippen LogP contribution in [-0.2, 0) is 4.79 Å². The Morgan fingerprint density at radius 3 is 2.50 bits per heavy atom. The second-order valence-corrected chi connectivity index (χ2v) is 9.38. The van der Waals surface area contributed by atoms with Crippen molar-refractivity contribution >= 4 is 35.0 Å². The summed E-state index contributed by atoms with van der Waals surface area (Å²) in [5.74, 6) is 1.81. The van der Waals surface area contributed by atoms with E-state index in [-0.39, 0.29) is 5.91 Å². The lowest BCUT2D eigenvalue weighted by atomic mass is 10.2. The zero-order valence-electron chi connectivity index (χ0n) is 18.2. The number of aromatic nitrogens is 3. The van der Waals surface area contributed by atoms with Crippen molar-refractivity contribution in [3.63, 3.8) is 0 Å². The van der Waals surface area contributed by atoms with Gasteiger partial charge in [0.25, 0.3) is 0 Å². The first kappa shape index (κ1) is 22.3. The number of rotatable bonds is 6. The Hall–Kier alpha value is -3.49. The molecule has 172 valence electrons. The first-order valence-corrected chi connectivity index (χ1v) is 12.0. The summed E-state index contributed by atoms with van der Waals surface area (Å²) in [4.78, 5) is 12.8. The lowest BCUT2D eigenvalue weighted by molar-refractivity contribution is -0.115. The molecule has 0 saturated heterocycles. The molecule has 9 heteroatoms. The second kappa shape index (κ2) is 9.79. The molecule has 1 N–H and O–H groups in total. The largest absolute Gasteiger partial charge is 0.485 e. The van der Waals surface area contributed by atoms with Gasteiger partial charge in [0.05, 0.1) is 5.25 Å². The van der Waals surface area contributed by atoms with Crippen LogP contribution >= 0.6 is 23.4 Å². The van der Waals surface area contributed by atoms with Crippen molar-refractivity contribution in [3.8, 4) is 17.2 Å². The van der Waals surface area contributed by atoms with E-state index in [1.807, 2.05) is 66.1 Å². The van der Waals surface area contributed by atoms with Crippen LogP contribution in [0.3, 0.4) is 0 Å². The molecule has 4 aromatic rings. The van der Waals surface area contributed by atoms with Crippen LogP contribution in [0.2, 0.25) is 5.02 Å². The maximum atomic E-state index is 12.8. The zero-order chi connectivity index (χ0) is 23.5. The minimum Gasteiger partial charge on any atom is -0.485 e. The van der Waals surface area contributed by atoms with Gasteiger partial charge in [0.2, 0.25) is 5.91 Å². The maximum absolute atomic E-state index is 12.8. The third-order valence-electron chi connectivity index (χ3n) is 5.23. The minimum atomic E-state index is -0.449. The van der Waals surface area contributed by atoms with Gasteiger partial charge in [-0.1, -0.05) is 53.7 Å². The number of thioether (sulfide) groups is 1. The lowest BCUT2D eigenvalue weighted by Gasteiger charge is -2.26. The summed E-state index contributed by atoms with van der Waals surface area (Å²) in [6, 6.07) is 24.3. The van der Waals surface area contributed by atoms with E-state index in [4.69, 9.17) is 21.1 Å². The van der Waals surface area contributed by atoms with Crippen LogP contribution in [0.5, 0.6) is 11.5 Å². The lowest BCUT2D eigenvalue weighted by Crippen LogP contribution is -2.25. The predicted octanol–water partition coefficient (Wildman–Crippen LogP) is 5.55. The Labute approximate surface area is 206 Å². The SMILES string of the molecule is C[C@@H](Sc1nnc([C@H]2COc3ccccc3O2)n1-c1ccccc1)C(=O)Nc1ccc(Cl)cc1. The zero-order valence-corrected chi connectivity index (χ0v) is 19.8. The van der Waals surface area contributed by atoms with Crippen molar-refractivity contribution in [2.45, 2.75) is 23.4 Å². The van der Waals surface area contributed by atoms with E-state index in [1.54, 1.807) is 24.3 Å². The number of ether oxygens (including phenoxy) is 2. The maximum Gasteiger partial charge on any atom is 0.237 e. The number of amides is 1. The van der Waals surface area contributed by atoms with E-state index < -0.39 is 11.4 Å². The molecule has 2 atom stereocenters. The normalized spacial score (nSPS) is 15.5. The van der Waals surface area contributed by atoms with E-state index >= 15 is 0 Å². The highest BCUT2D eigenvalue weighted by atomic mass is 35.5. The molecule has 0 aliphatic carbocycles.